The largest absolute Gasteiger partial charge is 0.380 e. The predicted octanol–water partition coefficient (Wildman–Crippen LogP) is 2.68. The fraction of sp³-hybridized carbons (Fsp3) is 0.364. The summed E-state index contributed by atoms with van der Waals surface area (Å²) in [6, 6.07) is 6.17. The first-order valence-electron chi connectivity index (χ1n) is 4.95. The molecule has 1 aromatic carbocycles. The summed E-state index contributed by atoms with van der Waals surface area (Å²) in [5.41, 5.74) is 1.88. The fourth-order valence-electron chi connectivity index (χ4n) is 1.59. The summed E-state index contributed by atoms with van der Waals surface area (Å²) in [4.78, 5) is 11.7. The van der Waals surface area contributed by atoms with Crippen molar-refractivity contribution < 1.29 is 4.79 Å². The minimum Gasteiger partial charge on any atom is -0.380 e. The van der Waals surface area contributed by atoms with Crippen LogP contribution in [0.1, 0.15) is 13.8 Å². The topological polar surface area (TPSA) is 41.1 Å². The lowest BCUT2D eigenvalue weighted by Crippen LogP contribution is -2.30. The number of anilines is 2. The second-order valence-corrected chi connectivity index (χ2v) is 5.15. The highest BCUT2D eigenvalue weighted by Crippen LogP contribution is 2.29. The number of amides is 1. The molecule has 4 heteroatoms. The Kier molecular flexibility index (Phi) is 2.86. The van der Waals surface area contributed by atoms with Crippen LogP contribution < -0.4 is 10.6 Å². The predicted molar refractivity (Wildman–Crippen MR) is 70.0 cm³/mol. The van der Waals surface area contributed by atoms with E-state index < -0.39 is 0 Å². The van der Waals surface area contributed by atoms with Crippen molar-refractivity contribution in [2.24, 2.45) is 5.92 Å². The molecule has 0 saturated carbocycles. The Balaban J connectivity index is 2.42. The van der Waals surface area contributed by atoms with Crippen LogP contribution in [0.5, 0.6) is 0 Å². The van der Waals surface area contributed by atoms with Crippen molar-refractivity contribution >= 4 is 39.9 Å². The van der Waals surface area contributed by atoms with Crippen LogP contribution in [-0.4, -0.2) is 11.9 Å². The van der Waals surface area contributed by atoms with Crippen molar-refractivity contribution in [2.45, 2.75) is 19.9 Å². The van der Waals surface area contributed by atoms with E-state index in [4.69, 9.17) is 0 Å². The quantitative estimate of drug-likeness (QED) is 0.723. The molecule has 2 rings (SSSR count). The lowest BCUT2D eigenvalue weighted by Gasteiger charge is -2.16. The van der Waals surface area contributed by atoms with E-state index in [9.17, 15) is 4.79 Å². The van der Waals surface area contributed by atoms with Gasteiger partial charge in [0.1, 0.15) is 0 Å². The molecule has 1 aliphatic heterocycles. The molecule has 0 aliphatic carbocycles. The average Bonchev–Trinajstić information content (AvgIpc) is 2.29. The van der Waals surface area contributed by atoms with E-state index >= 15 is 0 Å². The summed E-state index contributed by atoms with van der Waals surface area (Å²) in [5.74, 6) is 0.0609. The Morgan fingerprint density at radius 2 is 2.00 bits per heavy atom. The van der Waals surface area contributed by atoms with Gasteiger partial charge in [-0.05, 0) is 47.7 Å². The lowest BCUT2D eigenvalue weighted by molar-refractivity contribution is -0.119. The third kappa shape index (κ3) is 2.09. The fourth-order valence-corrected chi connectivity index (χ4v) is 2.08. The van der Waals surface area contributed by atoms with Gasteiger partial charge in [0.05, 0.1) is 17.3 Å². The maximum absolute atomic E-state index is 11.7. The van der Waals surface area contributed by atoms with Gasteiger partial charge < -0.3 is 10.6 Å². The van der Waals surface area contributed by atoms with Gasteiger partial charge in [0.2, 0.25) is 5.91 Å². The Morgan fingerprint density at radius 3 is 2.73 bits per heavy atom. The molecule has 0 saturated heterocycles. The maximum atomic E-state index is 11.7. The highest BCUT2D eigenvalue weighted by Gasteiger charge is 2.25. The molecule has 0 aromatic heterocycles. The van der Waals surface area contributed by atoms with Crippen LogP contribution in [0.2, 0.25) is 0 Å². The van der Waals surface area contributed by atoms with Gasteiger partial charge in [0.15, 0.2) is 0 Å². The number of nitrogens with one attached hydrogen (secondary N) is 2. The van der Waals surface area contributed by atoms with Gasteiger partial charge in [-0.1, -0.05) is 6.92 Å². The molecule has 1 aliphatic rings. The first-order valence-corrected chi connectivity index (χ1v) is 6.03. The monoisotopic (exact) mass is 316 g/mol. The smallest absolute Gasteiger partial charge is 0.229 e. The molecular formula is C11H13IN2O. The van der Waals surface area contributed by atoms with Crippen molar-refractivity contribution in [3.05, 3.63) is 21.8 Å². The minimum absolute atomic E-state index is 0.0185. The van der Waals surface area contributed by atoms with Crippen LogP contribution in [0.3, 0.4) is 0 Å². The normalized spacial score (nSPS) is 24.9. The molecular weight excluding hydrogens is 303 g/mol. The number of fused-ring (bicyclic) bond motifs is 1. The first kappa shape index (κ1) is 10.7. The number of halogens is 1. The molecule has 2 N–H and O–H groups in total. The van der Waals surface area contributed by atoms with Crippen molar-refractivity contribution in [3.63, 3.8) is 0 Å². The van der Waals surface area contributed by atoms with Crippen molar-refractivity contribution in [2.75, 3.05) is 10.6 Å². The van der Waals surface area contributed by atoms with Gasteiger partial charge in [-0.25, -0.2) is 0 Å². The average molecular weight is 316 g/mol. The standard InChI is InChI=1S/C11H13IN2O/c1-6-7(2)13-9-4-3-8(12)5-10(9)14-11(6)15/h3-7,13H,1-2H3,(H,14,15). The van der Waals surface area contributed by atoms with Gasteiger partial charge in [0.25, 0.3) is 0 Å². The molecule has 2 atom stereocenters. The van der Waals surface area contributed by atoms with E-state index in [2.05, 4.69) is 33.2 Å². The number of rotatable bonds is 0. The Labute approximate surface area is 103 Å². The van der Waals surface area contributed by atoms with E-state index in [1.807, 2.05) is 32.0 Å². The molecule has 1 amide bonds. The second kappa shape index (κ2) is 4.00. The summed E-state index contributed by atoms with van der Waals surface area (Å²) in [5, 5.41) is 6.28. The summed E-state index contributed by atoms with van der Waals surface area (Å²) in [6.45, 7) is 3.96. The molecule has 1 aromatic rings. The maximum Gasteiger partial charge on any atom is 0.229 e. The van der Waals surface area contributed by atoms with E-state index in [0.717, 1.165) is 14.9 Å². The highest BCUT2D eigenvalue weighted by atomic mass is 127. The highest BCUT2D eigenvalue weighted by molar-refractivity contribution is 14.1. The Hall–Kier alpha value is -0.780. The minimum atomic E-state index is -0.0185. The molecule has 1 heterocycles. The van der Waals surface area contributed by atoms with Crippen LogP contribution in [0.15, 0.2) is 18.2 Å². The van der Waals surface area contributed by atoms with E-state index in [1.165, 1.54) is 0 Å². The zero-order valence-corrected chi connectivity index (χ0v) is 10.8. The number of benzene rings is 1. The zero-order valence-electron chi connectivity index (χ0n) is 8.67. The van der Waals surface area contributed by atoms with E-state index in [1.54, 1.807) is 0 Å². The van der Waals surface area contributed by atoms with Gasteiger partial charge in [0, 0.05) is 9.61 Å². The molecule has 0 spiro atoms. The van der Waals surface area contributed by atoms with E-state index in [0.29, 0.717) is 0 Å². The van der Waals surface area contributed by atoms with Crippen molar-refractivity contribution in [1.29, 1.82) is 0 Å². The van der Waals surface area contributed by atoms with Gasteiger partial charge in [-0.2, -0.15) is 0 Å². The Bertz CT molecular complexity index is 406. The summed E-state index contributed by atoms with van der Waals surface area (Å²) < 4.78 is 1.12. The molecule has 15 heavy (non-hydrogen) atoms. The number of carbonyl (C=O) groups is 1. The molecule has 0 radical (unpaired) electrons. The van der Waals surface area contributed by atoms with E-state index in [-0.39, 0.29) is 17.9 Å². The van der Waals surface area contributed by atoms with Crippen LogP contribution >= 0.6 is 22.6 Å². The van der Waals surface area contributed by atoms with Gasteiger partial charge >= 0.3 is 0 Å². The molecule has 3 nitrogen and oxygen atoms in total. The number of carbonyl (C=O) groups excluding carboxylic acids is 1. The van der Waals surface area contributed by atoms with Crippen LogP contribution in [0.25, 0.3) is 0 Å². The Morgan fingerprint density at radius 1 is 1.27 bits per heavy atom. The number of hydrogen-bond acceptors (Lipinski definition) is 2. The molecule has 2 unspecified atom stereocenters. The molecule has 0 bridgehead atoms. The van der Waals surface area contributed by atoms with Crippen LogP contribution in [0.4, 0.5) is 11.4 Å². The summed E-state index contributed by atoms with van der Waals surface area (Å²) >= 11 is 2.24. The third-order valence-corrected chi connectivity index (χ3v) is 3.46. The van der Waals surface area contributed by atoms with Crippen LogP contribution in [0, 0.1) is 9.49 Å². The summed E-state index contributed by atoms with van der Waals surface area (Å²) in [6.07, 6.45) is 0. The van der Waals surface area contributed by atoms with Crippen molar-refractivity contribution in [3.8, 4) is 0 Å². The number of hydrogen-bond donors (Lipinski definition) is 2. The lowest BCUT2D eigenvalue weighted by atomic mass is 10.0. The first-order chi connectivity index (χ1) is 7.08. The van der Waals surface area contributed by atoms with Crippen LogP contribution in [-0.2, 0) is 4.79 Å². The molecule has 0 fully saturated rings. The van der Waals surface area contributed by atoms with Gasteiger partial charge in [-0.3, -0.25) is 4.79 Å². The molecule has 80 valence electrons. The third-order valence-electron chi connectivity index (χ3n) is 2.79. The van der Waals surface area contributed by atoms with Gasteiger partial charge in [-0.15, -0.1) is 0 Å². The van der Waals surface area contributed by atoms with Crippen molar-refractivity contribution in [1.82, 2.24) is 0 Å². The summed E-state index contributed by atoms with van der Waals surface area (Å²) in [7, 11) is 0. The SMILES string of the molecule is CC1Nc2ccc(I)cc2NC(=O)C1C. The second-order valence-electron chi connectivity index (χ2n) is 3.90. The zero-order chi connectivity index (χ0) is 11.0.